The van der Waals surface area contributed by atoms with Crippen molar-refractivity contribution in [1.29, 1.82) is 5.26 Å². The first-order valence-electron chi connectivity index (χ1n) is 9.99. The molecular formula is C23H29N3O. The van der Waals surface area contributed by atoms with Crippen LogP contribution in [0.25, 0.3) is 0 Å². The third-order valence-electron chi connectivity index (χ3n) is 5.35. The average molecular weight is 364 g/mol. The molecule has 0 spiro atoms. The number of ether oxygens (including phenoxy) is 1. The summed E-state index contributed by atoms with van der Waals surface area (Å²) in [6, 6.07) is 8.69. The molecule has 1 saturated heterocycles. The van der Waals surface area contributed by atoms with E-state index in [9.17, 15) is 5.26 Å². The van der Waals surface area contributed by atoms with E-state index in [1.165, 1.54) is 11.3 Å². The lowest BCUT2D eigenvalue weighted by Crippen LogP contribution is -2.37. The summed E-state index contributed by atoms with van der Waals surface area (Å²) in [4.78, 5) is 7.24. The highest BCUT2D eigenvalue weighted by molar-refractivity contribution is 5.43. The number of nitrogens with zero attached hydrogens (tertiary/aromatic N) is 3. The van der Waals surface area contributed by atoms with Crippen molar-refractivity contribution in [2.24, 2.45) is 5.92 Å². The summed E-state index contributed by atoms with van der Waals surface area (Å²) in [5.41, 5.74) is 3.22. The van der Waals surface area contributed by atoms with Crippen molar-refractivity contribution in [3.05, 3.63) is 59.3 Å². The molecule has 27 heavy (non-hydrogen) atoms. The zero-order valence-corrected chi connectivity index (χ0v) is 16.4. The first-order chi connectivity index (χ1) is 13.2. The van der Waals surface area contributed by atoms with E-state index in [0.717, 1.165) is 57.0 Å². The Balaban J connectivity index is 1.68. The van der Waals surface area contributed by atoms with Crippen LogP contribution in [0.1, 0.15) is 44.7 Å². The molecule has 1 aromatic heterocycles. The molecule has 2 aliphatic rings. The van der Waals surface area contributed by atoms with Gasteiger partial charge in [0.2, 0.25) is 0 Å². The number of hydrogen-bond donors (Lipinski definition) is 0. The smallest absolute Gasteiger partial charge is 0.128 e. The van der Waals surface area contributed by atoms with Gasteiger partial charge in [-0.05, 0) is 55.9 Å². The first-order valence-corrected chi connectivity index (χ1v) is 9.99. The Morgan fingerprint density at radius 2 is 2.11 bits per heavy atom. The van der Waals surface area contributed by atoms with Crippen molar-refractivity contribution in [2.75, 3.05) is 31.2 Å². The lowest BCUT2D eigenvalue weighted by molar-refractivity contribution is 0.122. The molecule has 142 valence electrons. The van der Waals surface area contributed by atoms with Crippen molar-refractivity contribution in [3.63, 3.8) is 0 Å². The molecule has 1 saturated carbocycles. The Morgan fingerprint density at radius 1 is 1.33 bits per heavy atom. The van der Waals surface area contributed by atoms with Crippen LogP contribution in [0.3, 0.4) is 0 Å². The molecule has 0 unspecified atom stereocenters. The van der Waals surface area contributed by atoms with Crippen molar-refractivity contribution in [3.8, 4) is 6.07 Å². The van der Waals surface area contributed by atoms with Gasteiger partial charge in [0, 0.05) is 30.3 Å². The number of nitriles is 1. The van der Waals surface area contributed by atoms with Gasteiger partial charge in [0.15, 0.2) is 0 Å². The minimum atomic E-state index is 0.505. The highest BCUT2D eigenvalue weighted by atomic mass is 16.5. The quantitative estimate of drug-likeness (QED) is 0.539. The van der Waals surface area contributed by atoms with Crippen LogP contribution in [-0.4, -0.2) is 31.3 Å². The van der Waals surface area contributed by atoms with Crippen LogP contribution in [0.5, 0.6) is 0 Å². The number of allylic oxidation sites excluding steroid dienone is 6. The number of anilines is 1. The van der Waals surface area contributed by atoms with Gasteiger partial charge < -0.3 is 9.64 Å². The maximum absolute atomic E-state index is 9.32. The molecule has 0 radical (unpaired) electrons. The molecule has 4 heteroatoms. The lowest BCUT2D eigenvalue weighted by Gasteiger charge is -2.37. The first kappa shape index (κ1) is 19.4. The lowest BCUT2D eigenvalue weighted by atomic mass is 9.69. The van der Waals surface area contributed by atoms with Gasteiger partial charge in [0.25, 0.3) is 0 Å². The van der Waals surface area contributed by atoms with Crippen LogP contribution in [0, 0.1) is 17.2 Å². The molecule has 0 bridgehead atoms. The number of aromatic nitrogens is 1. The highest BCUT2D eigenvalue weighted by Crippen LogP contribution is 2.45. The van der Waals surface area contributed by atoms with Gasteiger partial charge in [-0.25, -0.2) is 4.98 Å². The molecule has 0 aromatic carbocycles. The van der Waals surface area contributed by atoms with Crippen molar-refractivity contribution >= 4 is 5.82 Å². The van der Waals surface area contributed by atoms with Crippen LogP contribution in [-0.2, 0) is 4.74 Å². The molecular weight excluding hydrogens is 334 g/mol. The van der Waals surface area contributed by atoms with E-state index in [0.29, 0.717) is 11.8 Å². The summed E-state index contributed by atoms with van der Waals surface area (Å²) in [6.45, 7) is 7.49. The molecule has 0 N–H and O–H groups in total. The van der Waals surface area contributed by atoms with E-state index in [1.807, 2.05) is 13.0 Å². The van der Waals surface area contributed by atoms with E-state index in [-0.39, 0.29) is 0 Å². The second-order valence-corrected chi connectivity index (χ2v) is 7.21. The van der Waals surface area contributed by atoms with Crippen LogP contribution >= 0.6 is 0 Å². The number of hydrogen-bond acceptors (Lipinski definition) is 4. The van der Waals surface area contributed by atoms with E-state index in [1.54, 1.807) is 0 Å². The summed E-state index contributed by atoms with van der Waals surface area (Å²) in [5.74, 6) is 2.08. The summed E-state index contributed by atoms with van der Waals surface area (Å²) in [5, 5.41) is 9.32. The molecule has 1 aromatic rings. The predicted octanol–water partition coefficient (Wildman–Crippen LogP) is 4.77. The fourth-order valence-corrected chi connectivity index (χ4v) is 3.80. The molecule has 3 rings (SSSR count). The molecule has 1 aliphatic heterocycles. The topological polar surface area (TPSA) is 49.2 Å². The van der Waals surface area contributed by atoms with E-state index in [2.05, 4.69) is 54.3 Å². The fraction of sp³-hybridized carbons (Fsp3) is 0.478. The van der Waals surface area contributed by atoms with Gasteiger partial charge in [0.05, 0.1) is 19.3 Å². The highest BCUT2D eigenvalue weighted by Gasteiger charge is 2.33. The molecule has 0 atom stereocenters. The van der Waals surface area contributed by atoms with E-state index in [4.69, 9.17) is 9.72 Å². The zero-order valence-electron chi connectivity index (χ0n) is 16.4. The molecule has 4 nitrogen and oxygen atoms in total. The fourth-order valence-electron chi connectivity index (χ4n) is 3.80. The molecule has 0 amide bonds. The Labute approximate surface area is 162 Å². The second-order valence-electron chi connectivity index (χ2n) is 7.21. The van der Waals surface area contributed by atoms with Crippen LogP contribution in [0.4, 0.5) is 5.82 Å². The zero-order chi connectivity index (χ0) is 19.1. The van der Waals surface area contributed by atoms with Gasteiger partial charge in [-0.15, -0.1) is 0 Å². The van der Waals surface area contributed by atoms with Gasteiger partial charge >= 0.3 is 0 Å². The number of morpholine rings is 1. The minimum absolute atomic E-state index is 0.505. The summed E-state index contributed by atoms with van der Waals surface area (Å²) >= 11 is 0. The maximum atomic E-state index is 9.32. The Kier molecular flexibility index (Phi) is 6.84. The van der Waals surface area contributed by atoms with Crippen molar-refractivity contribution < 1.29 is 4.74 Å². The standard InChI is InChI=1S/C23H29N3O/c1-3-6-18(17-24)14-19(7-4-2)20-15-21(16-20)22-8-5-9-23(25-22)26-10-12-27-13-11-26/h4-9,14,20-21H,3,10-13,15-16H2,1-2H3/b7-4-,18-6-,19-14+. The summed E-state index contributed by atoms with van der Waals surface area (Å²) in [6.07, 6.45) is 11.3. The van der Waals surface area contributed by atoms with Crippen molar-refractivity contribution in [2.45, 2.75) is 39.0 Å². The predicted molar refractivity (Wildman–Crippen MR) is 110 cm³/mol. The van der Waals surface area contributed by atoms with Gasteiger partial charge in [0.1, 0.15) is 5.82 Å². The van der Waals surface area contributed by atoms with Crippen LogP contribution < -0.4 is 4.90 Å². The minimum Gasteiger partial charge on any atom is -0.378 e. The number of pyridine rings is 1. The van der Waals surface area contributed by atoms with Crippen LogP contribution in [0.2, 0.25) is 0 Å². The van der Waals surface area contributed by atoms with Crippen LogP contribution in [0.15, 0.2) is 53.6 Å². The Bertz CT molecular complexity index is 760. The number of rotatable bonds is 6. The normalized spacial score (nSPS) is 24.0. The van der Waals surface area contributed by atoms with Gasteiger partial charge in [-0.3, -0.25) is 0 Å². The monoisotopic (exact) mass is 363 g/mol. The Hall–Kier alpha value is -2.38. The Morgan fingerprint density at radius 3 is 2.78 bits per heavy atom. The molecule has 2 heterocycles. The summed E-state index contributed by atoms with van der Waals surface area (Å²) < 4.78 is 5.44. The maximum Gasteiger partial charge on any atom is 0.128 e. The third kappa shape index (κ3) is 4.87. The van der Waals surface area contributed by atoms with Gasteiger partial charge in [-0.2, -0.15) is 5.26 Å². The van der Waals surface area contributed by atoms with E-state index >= 15 is 0 Å². The molecule has 1 aliphatic carbocycles. The average Bonchev–Trinajstić information content (AvgIpc) is 2.67. The van der Waals surface area contributed by atoms with E-state index < -0.39 is 0 Å². The van der Waals surface area contributed by atoms with Gasteiger partial charge in [-0.1, -0.05) is 31.2 Å². The SMILES string of the molecule is C\C=C/C(=C\C(C#N)=C\CC)C1CC(c2cccc(N3CCOCC3)n2)C1. The largest absolute Gasteiger partial charge is 0.378 e. The second kappa shape index (κ2) is 9.53. The van der Waals surface area contributed by atoms with Crippen molar-refractivity contribution in [1.82, 2.24) is 4.98 Å². The molecule has 2 fully saturated rings. The summed E-state index contributed by atoms with van der Waals surface area (Å²) in [7, 11) is 0. The third-order valence-corrected chi connectivity index (χ3v) is 5.35.